The van der Waals surface area contributed by atoms with Gasteiger partial charge in [-0.25, -0.2) is 0 Å². The van der Waals surface area contributed by atoms with Crippen molar-refractivity contribution in [2.45, 2.75) is 51.0 Å². The first-order valence-corrected chi connectivity index (χ1v) is 10.6. The van der Waals surface area contributed by atoms with Crippen molar-refractivity contribution >= 4 is 23.3 Å². The van der Waals surface area contributed by atoms with E-state index in [0.717, 1.165) is 42.2 Å². The average molecular weight is 383 g/mol. The molecule has 0 aromatic carbocycles. The molecule has 1 aliphatic heterocycles. The maximum atomic E-state index is 5.71. The molecule has 0 spiro atoms. The van der Waals surface area contributed by atoms with Gasteiger partial charge in [-0.3, -0.25) is 9.98 Å². The van der Waals surface area contributed by atoms with Crippen LogP contribution in [0.5, 0.6) is 0 Å². The lowest BCUT2D eigenvalue weighted by atomic mass is 10.1. The number of nitrogens with two attached hydrogens (primary N) is 1. The number of thiophene rings is 1. The van der Waals surface area contributed by atoms with Gasteiger partial charge in [0, 0.05) is 23.2 Å². The third-order valence-electron chi connectivity index (χ3n) is 5.21. The van der Waals surface area contributed by atoms with E-state index >= 15 is 0 Å². The summed E-state index contributed by atoms with van der Waals surface area (Å²) >= 11 is 1.79. The van der Waals surface area contributed by atoms with Crippen LogP contribution in [0.2, 0.25) is 0 Å². The Morgan fingerprint density at radius 3 is 2.93 bits per heavy atom. The number of aliphatic imine (C=N–C) groups is 1. The first kappa shape index (κ1) is 18.3. The van der Waals surface area contributed by atoms with Gasteiger partial charge in [-0.15, -0.1) is 11.3 Å². The predicted molar refractivity (Wildman–Crippen MR) is 112 cm³/mol. The SMILES string of the molecule is Cc1cc(-c2cc(C3CC3)cs2)cnc1/C(C=NCC1CCCCO1)=N/N. The van der Waals surface area contributed by atoms with Crippen molar-refractivity contribution in [1.82, 2.24) is 4.98 Å². The molecule has 2 aromatic heterocycles. The van der Waals surface area contributed by atoms with Crippen LogP contribution in [0.25, 0.3) is 10.4 Å². The molecule has 27 heavy (non-hydrogen) atoms. The molecule has 1 unspecified atom stereocenters. The van der Waals surface area contributed by atoms with Gasteiger partial charge in [-0.1, -0.05) is 0 Å². The lowest BCUT2D eigenvalue weighted by molar-refractivity contribution is 0.0226. The monoisotopic (exact) mass is 382 g/mol. The zero-order valence-corrected chi connectivity index (χ0v) is 16.5. The Morgan fingerprint density at radius 1 is 1.33 bits per heavy atom. The Kier molecular flexibility index (Phi) is 5.64. The zero-order valence-electron chi connectivity index (χ0n) is 15.7. The summed E-state index contributed by atoms with van der Waals surface area (Å²) < 4.78 is 5.71. The van der Waals surface area contributed by atoms with Crippen LogP contribution in [0.15, 0.2) is 33.8 Å². The molecule has 3 heterocycles. The van der Waals surface area contributed by atoms with Gasteiger partial charge in [-0.2, -0.15) is 5.10 Å². The van der Waals surface area contributed by atoms with E-state index in [0.29, 0.717) is 12.3 Å². The predicted octanol–water partition coefficient (Wildman–Crippen LogP) is 4.30. The molecule has 1 aliphatic carbocycles. The number of pyridine rings is 1. The fourth-order valence-corrected chi connectivity index (χ4v) is 4.45. The Balaban J connectivity index is 1.46. The molecule has 6 heteroatoms. The van der Waals surface area contributed by atoms with E-state index in [1.807, 2.05) is 13.1 Å². The van der Waals surface area contributed by atoms with Crippen molar-refractivity contribution in [1.29, 1.82) is 0 Å². The molecular weight excluding hydrogens is 356 g/mol. The minimum atomic E-state index is 0.213. The maximum Gasteiger partial charge on any atom is 0.126 e. The second kappa shape index (κ2) is 8.31. The van der Waals surface area contributed by atoms with Crippen molar-refractivity contribution < 1.29 is 4.74 Å². The summed E-state index contributed by atoms with van der Waals surface area (Å²) in [5, 5.41) is 6.19. The van der Waals surface area contributed by atoms with Gasteiger partial charge in [0.05, 0.1) is 24.6 Å². The second-order valence-electron chi connectivity index (χ2n) is 7.41. The van der Waals surface area contributed by atoms with E-state index in [9.17, 15) is 0 Å². The van der Waals surface area contributed by atoms with E-state index in [2.05, 4.69) is 32.6 Å². The summed E-state index contributed by atoms with van der Waals surface area (Å²) in [6.07, 6.45) is 9.94. The number of hydrazone groups is 1. The van der Waals surface area contributed by atoms with Crippen LogP contribution >= 0.6 is 11.3 Å². The van der Waals surface area contributed by atoms with Gasteiger partial charge in [0.15, 0.2) is 0 Å². The second-order valence-corrected chi connectivity index (χ2v) is 8.32. The van der Waals surface area contributed by atoms with E-state index in [1.54, 1.807) is 17.6 Å². The lowest BCUT2D eigenvalue weighted by Crippen LogP contribution is -2.22. The quantitative estimate of drug-likeness (QED) is 0.460. The number of rotatable bonds is 6. The number of aryl methyl sites for hydroxylation is 1. The van der Waals surface area contributed by atoms with Gasteiger partial charge in [0.2, 0.25) is 0 Å². The molecule has 0 amide bonds. The van der Waals surface area contributed by atoms with Crippen molar-refractivity contribution in [3.8, 4) is 10.4 Å². The van der Waals surface area contributed by atoms with E-state index in [1.165, 1.54) is 29.7 Å². The third kappa shape index (κ3) is 4.45. The Bertz CT molecular complexity index is 848. The molecule has 142 valence electrons. The third-order valence-corrected chi connectivity index (χ3v) is 6.21. The molecule has 0 bridgehead atoms. The van der Waals surface area contributed by atoms with Crippen LogP contribution < -0.4 is 5.84 Å². The highest BCUT2D eigenvalue weighted by molar-refractivity contribution is 7.13. The number of aromatic nitrogens is 1. The maximum absolute atomic E-state index is 5.71. The minimum Gasteiger partial charge on any atom is -0.376 e. The van der Waals surface area contributed by atoms with Crippen LogP contribution in [-0.4, -0.2) is 36.2 Å². The van der Waals surface area contributed by atoms with Crippen LogP contribution in [0.4, 0.5) is 0 Å². The molecule has 5 nitrogen and oxygen atoms in total. The minimum absolute atomic E-state index is 0.213. The Morgan fingerprint density at radius 2 is 2.22 bits per heavy atom. The standard InChI is InChI=1S/C21H26N4OS/c1-14-8-16(20-9-17(13-27-20)15-5-6-15)10-24-21(14)19(25-22)12-23-11-18-4-2-3-7-26-18/h8-10,12-13,15,18H,2-7,11,22H2,1H3/b23-12?,25-19+. The van der Waals surface area contributed by atoms with Crippen molar-refractivity contribution in [2.24, 2.45) is 15.9 Å². The number of nitrogens with zero attached hydrogens (tertiary/aromatic N) is 3. The number of hydrogen-bond donors (Lipinski definition) is 1. The Labute approximate surface area is 164 Å². The molecule has 2 N–H and O–H groups in total. The summed E-state index contributed by atoms with van der Waals surface area (Å²) in [6, 6.07) is 4.47. The zero-order chi connectivity index (χ0) is 18.6. The smallest absolute Gasteiger partial charge is 0.126 e. The highest BCUT2D eigenvalue weighted by atomic mass is 32.1. The van der Waals surface area contributed by atoms with E-state index in [4.69, 9.17) is 10.6 Å². The summed E-state index contributed by atoms with van der Waals surface area (Å²) in [5.41, 5.74) is 5.07. The van der Waals surface area contributed by atoms with E-state index in [-0.39, 0.29) is 6.10 Å². The highest BCUT2D eigenvalue weighted by Crippen LogP contribution is 2.43. The summed E-state index contributed by atoms with van der Waals surface area (Å²) in [7, 11) is 0. The Hall–Kier alpha value is -2.05. The molecular formula is C21H26N4OS. The first-order valence-electron chi connectivity index (χ1n) is 9.69. The lowest BCUT2D eigenvalue weighted by Gasteiger charge is -2.20. The highest BCUT2D eigenvalue weighted by Gasteiger charge is 2.24. The largest absolute Gasteiger partial charge is 0.376 e. The summed E-state index contributed by atoms with van der Waals surface area (Å²) in [4.78, 5) is 10.4. The average Bonchev–Trinajstić information content (AvgIpc) is 3.43. The number of hydrogen-bond acceptors (Lipinski definition) is 6. The van der Waals surface area contributed by atoms with Crippen LogP contribution in [0.1, 0.15) is 54.8 Å². The van der Waals surface area contributed by atoms with Crippen LogP contribution in [-0.2, 0) is 4.74 Å². The molecule has 2 fully saturated rings. The van der Waals surface area contributed by atoms with Crippen molar-refractivity contribution in [3.05, 3.63) is 40.5 Å². The normalized spacial score (nSPS) is 21.1. The fourth-order valence-electron chi connectivity index (χ4n) is 3.47. The molecule has 0 radical (unpaired) electrons. The molecule has 1 saturated heterocycles. The topological polar surface area (TPSA) is 72.9 Å². The molecule has 2 aromatic rings. The van der Waals surface area contributed by atoms with Crippen LogP contribution in [0.3, 0.4) is 0 Å². The number of ether oxygens (including phenoxy) is 1. The van der Waals surface area contributed by atoms with Gasteiger partial charge >= 0.3 is 0 Å². The van der Waals surface area contributed by atoms with Gasteiger partial charge < -0.3 is 10.6 Å². The first-order chi connectivity index (χ1) is 13.2. The fraction of sp³-hybridized carbons (Fsp3) is 0.476. The molecule has 4 rings (SSSR count). The van der Waals surface area contributed by atoms with Gasteiger partial charge in [-0.05, 0) is 73.6 Å². The molecule has 2 aliphatic rings. The van der Waals surface area contributed by atoms with E-state index < -0.39 is 0 Å². The molecule has 1 saturated carbocycles. The summed E-state index contributed by atoms with van der Waals surface area (Å²) in [6.45, 7) is 3.53. The van der Waals surface area contributed by atoms with Crippen molar-refractivity contribution in [2.75, 3.05) is 13.2 Å². The van der Waals surface area contributed by atoms with Crippen molar-refractivity contribution in [3.63, 3.8) is 0 Å². The summed E-state index contributed by atoms with van der Waals surface area (Å²) in [5.74, 6) is 6.39. The van der Waals surface area contributed by atoms with Crippen LogP contribution in [0, 0.1) is 6.92 Å². The molecule has 1 atom stereocenters. The van der Waals surface area contributed by atoms with Gasteiger partial charge in [0.25, 0.3) is 0 Å². The van der Waals surface area contributed by atoms with Gasteiger partial charge in [0.1, 0.15) is 5.71 Å².